The average molecular weight is 455 g/mol. The highest BCUT2D eigenvalue weighted by molar-refractivity contribution is 7.89. The topological polar surface area (TPSA) is 84.3 Å². The van der Waals surface area contributed by atoms with Crippen LogP contribution in [-0.2, 0) is 16.4 Å². The summed E-state index contributed by atoms with van der Waals surface area (Å²) in [5, 5.41) is 7.45. The summed E-state index contributed by atoms with van der Waals surface area (Å²) in [6.07, 6.45) is 3.56. The maximum absolute atomic E-state index is 12.7. The molecule has 8 heteroatoms. The molecule has 0 saturated carbocycles. The van der Waals surface area contributed by atoms with E-state index >= 15 is 0 Å². The number of benzene rings is 2. The number of aromatic nitrogens is 2. The summed E-state index contributed by atoms with van der Waals surface area (Å²) >= 11 is 0. The van der Waals surface area contributed by atoms with Gasteiger partial charge < -0.3 is 5.32 Å². The Hall–Kier alpha value is -2.97. The van der Waals surface area contributed by atoms with Crippen LogP contribution in [0.2, 0.25) is 0 Å². The fraction of sp³-hybridized carbons (Fsp3) is 0.333. The van der Waals surface area contributed by atoms with Crippen LogP contribution >= 0.6 is 0 Å². The van der Waals surface area contributed by atoms with Crippen molar-refractivity contribution in [1.29, 1.82) is 0 Å². The zero-order valence-corrected chi connectivity index (χ0v) is 19.8. The van der Waals surface area contributed by atoms with Crippen molar-refractivity contribution in [3.8, 4) is 5.69 Å². The van der Waals surface area contributed by atoms with Gasteiger partial charge in [0.1, 0.15) is 0 Å². The van der Waals surface area contributed by atoms with Crippen molar-refractivity contribution in [2.45, 2.75) is 44.6 Å². The molecule has 0 spiro atoms. The molecular weight excluding hydrogens is 424 g/mol. The number of nitrogens with one attached hydrogen (secondary N) is 1. The minimum absolute atomic E-state index is 0.116. The van der Waals surface area contributed by atoms with Gasteiger partial charge in [-0.05, 0) is 69.5 Å². The lowest BCUT2D eigenvalue weighted by molar-refractivity contribution is 0.0953. The second kappa shape index (κ2) is 10.1. The second-order valence-corrected chi connectivity index (χ2v) is 10.0. The molecule has 170 valence electrons. The Morgan fingerprint density at radius 3 is 2.53 bits per heavy atom. The number of para-hydroxylation sites is 1. The molecule has 0 aliphatic rings. The standard InChI is InChI=1S/C24H30N4O3S/c1-18(2)27(4)32(30,31)23-14-8-10-20(16-23)24(29)25-15-9-11-21-17-28(26-19(21)3)22-12-6-5-7-13-22/h5-8,10,12-14,16-18H,9,11,15H2,1-4H3,(H,25,29). The molecule has 3 aromatic rings. The van der Waals surface area contributed by atoms with Gasteiger partial charge in [0, 0.05) is 31.4 Å². The van der Waals surface area contributed by atoms with Gasteiger partial charge in [-0.15, -0.1) is 0 Å². The van der Waals surface area contributed by atoms with Gasteiger partial charge in [-0.3, -0.25) is 4.79 Å². The Balaban J connectivity index is 1.58. The van der Waals surface area contributed by atoms with Gasteiger partial charge >= 0.3 is 0 Å². The van der Waals surface area contributed by atoms with Gasteiger partial charge in [-0.2, -0.15) is 9.40 Å². The molecule has 0 saturated heterocycles. The van der Waals surface area contributed by atoms with Crippen molar-refractivity contribution in [2.24, 2.45) is 0 Å². The van der Waals surface area contributed by atoms with E-state index in [2.05, 4.69) is 10.4 Å². The lowest BCUT2D eigenvalue weighted by atomic mass is 10.1. The van der Waals surface area contributed by atoms with E-state index in [0.717, 1.165) is 29.8 Å². The normalized spacial score (nSPS) is 11.8. The van der Waals surface area contributed by atoms with Crippen LogP contribution in [0.3, 0.4) is 0 Å². The zero-order valence-electron chi connectivity index (χ0n) is 18.9. The summed E-state index contributed by atoms with van der Waals surface area (Å²) < 4.78 is 28.5. The number of hydrogen-bond acceptors (Lipinski definition) is 4. The first-order chi connectivity index (χ1) is 15.2. The molecule has 1 N–H and O–H groups in total. The number of hydrogen-bond donors (Lipinski definition) is 1. The summed E-state index contributed by atoms with van der Waals surface area (Å²) in [7, 11) is -2.10. The molecule has 0 atom stereocenters. The molecule has 3 rings (SSSR count). The molecule has 1 amide bonds. The van der Waals surface area contributed by atoms with Crippen molar-refractivity contribution < 1.29 is 13.2 Å². The maximum Gasteiger partial charge on any atom is 0.251 e. The molecule has 1 heterocycles. The Labute approximate surface area is 190 Å². The van der Waals surface area contributed by atoms with Crippen LogP contribution in [0.15, 0.2) is 65.7 Å². The predicted octanol–water partition coefficient (Wildman–Crippen LogP) is 3.57. The molecule has 0 fully saturated rings. The molecule has 32 heavy (non-hydrogen) atoms. The number of carbonyl (C=O) groups is 1. The number of nitrogens with zero attached hydrogens (tertiary/aromatic N) is 3. The Bertz CT molecular complexity index is 1170. The number of sulfonamides is 1. The lowest BCUT2D eigenvalue weighted by Crippen LogP contribution is -2.33. The summed E-state index contributed by atoms with van der Waals surface area (Å²) in [6.45, 7) is 6.07. The van der Waals surface area contributed by atoms with Gasteiger partial charge in [-0.25, -0.2) is 13.1 Å². The molecule has 2 aromatic carbocycles. The molecule has 1 aromatic heterocycles. The fourth-order valence-corrected chi connectivity index (χ4v) is 4.69. The summed E-state index contributed by atoms with van der Waals surface area (Å²) in [6, 6.07) is 15.9. The first-order valence-corrected chi connectivity index (χ1v) is 12.1. The van der Waals surface area contributed by atoms with Crippen molar-refractivity contribution in [1.82, 2.24) is 19.4 Å². The molecule has 0 radical (unpaired) electrons. The van der Waals surface area contributed by atoms with Gasteiger partial charge in [0.15, 0.2) is 0 Å². The summed E-state index contributed by atoms with van der Waals surface area (Å²) in [5.74, 6) is -0.286. The van der Waals surface area contributed by atoms with Crippen molar-refractivity contribution in [2.75, 3.05) is 13.6 Å². The van der Waals surface area contributed by atoms with Crippen LogP contribution in [0.25, 0.3) is 5.69 Å². The van der Waals surface area contributed by atoms with E-state index in [-0.39, 0.29) is 16.8 Å². The number of carbonyl (C=O) groups excluding carboxylic acids is 1. The minimum atomic E-state index is -3.64. The van der Waals surface area contributed by atoms with Crippen LogP contribution in [-0.4, -0.2) is 48.0 Å². The third-order valence-electron chi connectivity index (χ3n) is 5.43. The van der Waals surface area contributed by atoms with Gasteiger partial charge in [0.05, 0.1) is 16.3 Å². The number of aryl methyl sites for hydroxylation is 2. The molecule has 0 bridgehead atoms. The molecular formula is C24H30N4O3S. The van der Waals surface area contributed by atoms with Crippen LogP contribution in [0.5, 0.6) is 0 Å². The number of amides is 1. The monoisotopic (exact) mass is 454 g/mol. The minimum Gasteiger partial charge on any atom is -0.352 e. The van der Waals surface area contributed by atoms with Crippen LogP contribution in [0.4, 0.5) is 0 Å². The van der Waals surface area contributed by atoms with Gasteiger partial charge in [0.2, 0.25) is 10.0 Å². The molecule has 7 nitrogen and oxygen atoms in total. The van der Waals surface area contributed by atoms with Crippen molar-refractivity contribution in [3.63, 3.8) is 0 Å². The van der Waals surface area contributed by atoms with E-state index in [1.54, 1.807) is 26.0 Å². The smallest absolute Gasteiger partial charge is 0.251 e. The van der Waals surface area contributed by atoms with Crippen LogP contribution in [0, 0.1) is 6.92 Å². The lowest BCUT2D eigenvalue weighted by Gasteiger charge is -2.21. The third-order valence-corrected chi connectivity index (χ3v) is 7.46. The largest absolute Gasteiger partial charge is 0.352 e. The molecule has 0 aliphatic heterocycles. The molecule has 0 unspecified atom stereocenters. The first-order valence-electron chi connectivity index (χ1n) is 10.7. The van der Waals surface area contributed by atoms with Crippen LogP contribution < -0.4 is 5.32 Å². The average Bonchev–Trinajstić information content (AvgIpc) is 3.17. The van der Waals surface area contributed by atoms with E-state index in [1.807, 2.05) is 48.1 Å². The summed E-state index contributed by atoms with van der Waals surface area (Å²) in [5.41, 5.74) is 3.43. The van der Waals surface area contributed by atoms with E-state index in [9.17, 15) is 13.2 Å². The van der Waals surface area contributed by atoms with Gasteiger partial charge in [0.25, 0.3) is 5.91 Å². The van der Waals surface area contributed by atoms with Crippen molar-refractivity contribution in [3.05, 3.63) is 77.6 Å². The highest BCUT2D eigenvalue weighted by atomic mass is 32.2. The highest BCUT2D eigenvalue weighted by Gasteiger charge is 2.23. The first kappa shape index (κ1) is 23.7. The van der Waals surface area contributed by atoms with E-state index in [0.29, 0.717) is 12.1 Å². The quantitative estimate of drug-likeness (QED) is 0.501. The predicted molar refractivity (Wildman–Crippen MR) is 125 cm³/mol. The Morgan fingerprint density at radius 2 is 1.84 bits per heavy atom. The molecule has 0 aliphatic carbocycles. The SMILES string of the molecule is Cc1nn(-c2ccccc2)cc1CCCNC(=O)c1cccc(S(=O)(=O)N(C)C(C)C)c1. The van der Waals surface area contributed by atoms with Crippen LogP contribution in [0.1, 0.15) is 41.9 Å². The zero-order chi connectivity index (χ0) is 23.3. The second-order valence-electron chi connectivity index (χ2n) is 8.02. The Morgan fingerprint density at radius 1 is 1.12 bits per heavy atom. The van der Waals surface area contributed by atoms with E-state index in [1.165, 1.54) is 23.5 Å². The fourth-order valence-electron chi connectivity index (χ4n) is 3.28. The van der Waals surface area contributed by atoms with Crippen molar-refractivity contribution >= 4 is 15.9 Å². The maximum atomic E-state index is 12.7. The van der Waals surface area contributed by atoms with E-state index in [4.69, 9.17) is 0 Å². The van der Waals surface area contributed by atoms with Gasteiger partial charge in [-0.1, -0.05) is 24.3 Å². The highest BCUT2D eigenvalue weighted by Crippen LogP contribution is 2.18. The summed E-state index contributed by atoms with van der Waals surface area (Å²) in [4.78, 5) is 12.7. The Kier molecular flexibility index (Phi) is 7.48. The van der Waals surface area contributed by atoms with E-state index < -0.39 is 10.0 Å². The number of rotatable bonds is 9. The third kappa shape index (κ3) is 5.44.